The summed E-state index contributed by atoms with van der Waals surface area (Å²) in [4.78, 5) is 38.5. The van der Waals surface area contributed by atoms with Gasteiger partial charge in [-0.05, 0) is 58.6 Å². The standard InChI is InChI=1S/C28H26BrNO6/c1-34-23-14-16(13-18(29)28(23)35-15-24(33)30-17-7-3-2-4-8-17)25-26-19(31)9-5-11-21(26)36-22-12-6-10-20(32)27(22)25/h2-4,7-8,13-14,25H,5-6,9-12,15H2,1H3,(H,30,33). The van der Waals surface area contributed by atoms with Gasteiger partial charge in [-0.25, -0.2) is 0 Å². The fourth-order valence-electron chi connectivity index (χ4n) is 5.05. The van der Waals surface area contributed by atoms with Crippen LogP contribution in [0.25, 0.3) is 0 Å². The molecule has 0 saturated heterocycles. The molecule has 5 rings (SSSR count). The first-order chi connectivity index (χ1) is 17.5. The van der Waals surface area contributed by atoms with Crippen molar-refractivity contribution in [2.24, 2.45) is 0 Å². The lowest BCUT2D eigenvalue weighted by atomic mass is 9.73. The quantitative estimate of drug-likeness (QED) is 0.502. The third-order valence-corrected chi connectivity index (χ3v) is 7.22. The normalized spacial score (nSPS) is 17.8. The number of Topliss-reactive ketones (excluding diaryl/α,β-unsaturated/α-hetero) is 2. The maximum absolute atomic E-state index is 13.0. The minimum Gasteiger partial charge on any atom is -0.493 e. The zero-order chi connectivity index (χ0) is 25.2. The number of carbonyl (C=O) groups is 3. The number of amides is 1. The molecule has 1 N–H and O–H groups in total. The van der Waals surface area contributed by atoms with Gasteiger partial charge in [-0.1, -0.05) is 18.2 Å². The number of anilines is 1. The third-order valence-electron chi connectivity index (χ3n) is 6.63. The monoisotopic (exact) mass is 551 g/mol. The van der Waals surface area contributed by atoms with Crippen molar-refractivity contribution in [2.45, 2.75) is 44.4 Å². The van der Waals surface area contributed by atoms with Gasteiger partial charge in [-0.2, -0.15) is 0 Å². The molecule has 0 radical (unpaired) electrons. The fraction of sp³-hybridized carbons (Fsp3) is 0.321. The molecule has 186 valence electrons. The Labute approximate surface area is 217 Å². The zero-order valence-electron chi connectivity index (χ0n) is 19.9. The molecule has 0 atom stereocenters. The maximum atomic E-state index is 13.0. The summed E-state index contributed by atoms with van der Waals surface area (Å²) in [6, 6.07) is 12.7. The van der Waals surface area contributed by atoms with Crippen molar-refractivity contribution in [3.05, 3.63) is 75.2 Å². The van der Waals surface area contributed by atoms with Gasteiger partial charge in [0.05, 0.1) is 11.6 Å². The minimum atomic E-state index is -0.509. The van der Waals surface area contributed by atoms with Crippen LogP contribution in [0.1, 0.15) is 50.0 Å². The van der Waals surface area contributed by atoms with E-state index >= 15 is 0 Å². The number of rotatable bonds is 6. The highest BCUT2D eigenvalue weighted by Gasteiger charge is 2.42. The Morgan fingerprint density at radius 3 is 2.25 bits per heavy atom. The number of benzene rings is 2. The average Bonchev–Trinajstić information content (AvgIpc) is 2.87. The van der Waals surface area contributed by atoms with Crippen LogP contribution in [0.5, 0.6) is 11.5 Å². The molecule has 0 bridgehead atoms. The van der Waals surface area contributed by atoms with E-state index in [0.29, 0.717) is 70.0 Å². The Balaban J connectivity index is 1.47. The molecule has 2 aromatic rings. The number of methoxy groups -OCH3 is 1. The topological polar surface area (TPSA) is 90.9 Å². The smallest absolute Gasteiger partial charge is 0.262 e. The van der Waals surface area contributed by atoms with E-state index in [4.69, 9.17) is 14.2 Å². The number of hydrogen-bond acceptors (Lipinski definition) is 6. The van der Waals surface area contributed by atoms with Crippen LogP contribution in [-0.2, 0) is 19.1 Å². The van der Waals surface area contributed by atoms with Gasteiger partial charge < -0.3 is 19.5 Å². The van der Waals surface area contributed by atoms with Gasteiger partial charge in [0.15, 0.2) is 29.7 Å². The highest BCUT2D eigenvalue weighted by molar-refractivity contribution is 9.10. The number of carbonyl (C=O) groups excluding carboxylic acids is 3. The predicted molar refractivity (Wildman–Crippen MR) is 137 cm³/mol. The van der Waals surface area contributed by atoms with Crippen LogP contribution < -0.4 is 14.8 Å². The average molecular weight is 552 g/mol. The molecule has 1 heterocycles. The number of hydrogen-bond donors (Lipinski definition) is 1. The van der Waals surface area contributed by atoms with E-state index in [1.165, 1.54) is 7.11 Å². The molecule has 1 amide bonds. The van der Waals surface area contributed by atoms with Gasteiger partial charge in [0.2, 0.25) is 0 Å². The Morgan fingerprint density at radius 1 is 1.00 bits per heavy atom. The van der Waals surface area contributed by atoms with Crippen molar-refractivity contribution in [1.29, 1.82) is 0 Å². The summed E-state index contributed by atoms with van der Waals surface area (Å²) in [5, 5.41) is 2.78. The molecule has 0 spiro atoms. The Kier molecular flexibility index (Phi) is 6.96. The number of allylic oxidation sites excluding steroid dienone is 4. The van der Waals surface area contributed by atoms with E-state index in [9.17, 15) is 14.4 Å². The van der Waals surface area contributed by atoms with Crippen LogP contribution >= 0.6 is 15.9 Å². The molecule has 36 heavy (non-hydrogen) atoms. The van der Waals surface area contributed by atoms with Gasteiger partial charge in [-0.15, -0.1) is 0 Å². The molecule has 2 aromatic carbocycles. The van der Waals surface area contributed by atoms with Crippen LogP contribution in [-0.4, -0.2) is 31.2 Å². The molecule has 1 aliphatic heterocycles. The van der Waals surface area contributed by atoms with Gasteiger partial charge in [0.1, 0.15) is 11.5 Å². The number of halogens is 1. The molecule has 0 saturated carbocycles. The molecule has 0 unspecified atom stereocenters. The lowest BCUT2D eigenvalue weighted by Gasteiger charge is -2.36. The maximum Gasteiger partial charge on any atom is 0.262 e. The highest BCUT2D eigenvalue weighted by Crippen LogP contribution is 2.50. The molecular weight excluding hydrogens is 526 g/mol. The SMILES string of the molecule is COc1cc(C2C3=C(CCCC3=O)OC3=C2C(=O)CCC3)cc(Br)c1OCC(=O)Nc1ccccc1. The van der Waals surface area contributed by atoms with Crippen molar-refractivity contribution in [2.75, 3.05) is 19.0 Å². The summed E-state index contributed by atoms with van der Waals surface area (Å²) in [6.45, 7) is -0.220. The predicted octanol–water partition coefficient (Wildman–Crippen LogP) is 5.60. The highest BCUT2D eigenvalue weighted by atomic mass is 79.9. The molecule has 0 fully saturated rings. The zero-order valence-corrected chi connectivity index (χ0v) is 21.5. The summed E-state index contributed by atoms with van der Waals surface area (Å²) >= 11 is 3.56. The van der Waals surface area contributed by atoms with Crippen molar-refractivity contribution in [3.63, 3.8) is 0 Å². The van der Waals surface area contributed by atoms with E-state index in [1.54, 1.807) is 18.2 Å². The van der Waals surface area contributed by atoms with Crippen molar-refractivity contribution in [3.8, 4) is 11.5 Å². The second kappa shape index (κ2) is 10.3. The first-order valence-electron chi connectivity index (χ1n) is 12.0. The van der Waals surface area contributed by atoms with Crippen molar-refractivity contribution < 1.29 is 28.6 Å². The molecule has 3 aliphatic rings. The number of para-hydroxylation sites is 1. The molecule has 2 aliphatic carbocycles. The Hall–Kier alpha value is -3.39. The third kappa shape index (κ3) is 4.69. The number of ketones is 2. The Bertz CT molecular complexity index is 1250. The fourth-order valence-corrected chi connectivity index (χ4v) is 5.63. The Morgan fingerprint density at radius 2 is 1.64 bits per heavy atom. The van der Waals surface area contributed by atoms with E-state index in [-0.39, 0.29) is 24.1 Å². The summed E-state index contributed by atoms with van der Waals surface area (Å²) < 4.78 is 18.1. The number of ether oxygens (including phenoxy) is 3. The first-order valence-corrected chi connectivity index (χ1v) is 12.8. The number of nitrogens with one attached hydrogen (secondary N) is 1. The summed E-state index contributed by atoms with van der Waals surface area (Å²) in [7, 11) is 1.51. The molecular formula is C28H26BrNO6. The molecule has 0 aromatic heterocycles. The van der Waals surface area contributed by atoms with Gasteiger partial charge in [0, 0.05) is 48.4 Å². The van der Waals surface area contributed by atoms with Crippen molar-refractivity contribution in [1.82, 2.24) is 0 Å². The summed E-state index contributed by atoms with van der Waals surface area (Å²) in [6.07, 6.45) is 3.71. The van der Waals surface area contributed by atoms with Crippen LogP contribution in [0, 0.1) is 0 Å². The first kappa shape index (κ1) is 24.3. The van der Waals surface area contributed by atoms with Crippen LogP contribution in [0.4, 0.5) is 5.69 Å². The minimum absolute atomic E-state index is 0.0131. The van der Waals surface area contributed by atoms with Crippen LogP contribution in [0.2, 0.25) is 0 Å². The lowest BCUT2D eigenvalue weighted by molar-refractivity contribution is -0.119. The lowest BCUT2D eigenvalue weighted by Crippen LogP contribution is -2.30. The summed E-state index contributed by atoms with van der Waals surface area (Å²) in [5.41, 5.74) is 2.56. The van der Waals surface area contributed by atoms with E-state index in [0.717, 1.165) is 18.4 Å². The van der Waals surface area contributed by atoms with E-state index in [1.807, 2.05) is 24.3 Å². The van der Waals surface area contributed by atoms with Crippen LogP contribution in [0.15, 0.2) is 69.6 Å². The van der Waals surface area contributed by atoms with Gasteiger partial charge in [0.25, 0.3) is 5.91 Å². The van der Waals surface area contributed by atoms with E-state index in [2.05, 4.69) is 21.2 Å². The van der Waals surface area contributed by atoms with Crippen molar-refractivity contribution >= 4 is 39.1 Å². The van der Waals surface area contributed by atoms with E-state index < -0.39 is 5.92 Å². The summed E-state index contributed by atoms with van der Waals surface area (Å²) in [5.74, 6) is 1.33. The van der Waals surface area contributed by atoms with Gasteiger partial charge in [-0.3, -0.25) is 14.4 Å². The second-order valence-corrected chi connectivity index (χ2v) is 9.85. The second-order valence-electron chi connectivity index (χ2n) is 9.00. The molecule has 8 heteroatoms. The largest absolute Gasteiger partial charge is 0.493 e. The molecule has 7 nitrogen and oxygen atoms in total. The van der Waals surface area contributed by atoms with Crippen LogP contribution in [0.3, 0.4) is 0 Å². The van der Waals surface area contributed by atoms with Gasteiger partial charge >= 0.3 is 0 Å².